The summed E-state index contributed by atoms with van der Waals surface area (Å²) in [5, 5.41) is 7.10. The number of hydrogen-bond acceptors (Lipinski definition) is 4. The van der Waals surface area contributed by atoms with Crippen molar-refractivity contribution in [1.29, 1.82) is 0 Å². The van der Waals surface area contributed by atoms with Gasteiger partial charge in [0.15, 0.2) is 5.82 Å². The number of aryl methyl sites for hydroxylation is 2. The second-order valence-corrected chi connectivity index (χ2v) is 6.51. The van der Waals surface area contributed by atoms with Gasteiger partial charge >= 0.3 is 0 Å². The van der Waals surface area contributed by atoms with E-state index in [1.54, 1.807) is 36.1 Å². The van der Waals surface area contributed by atoms with E-state index in [9.17, 15) is 8.42 Å². The van der Waals surface area contributed by atoms with Gasteiger partial charge in [-0.25, -0.2) is 8.42 Å². The normalized spacial score (nSPS) is 11.5. The van der Waals surface area contributed by atoms with Gasteiger partial charge in [-0.3, -0.25) is 9.40 Å². The van der Waals surface area contributed by atoms with E-state index in [4.69, 9.17) is 0 Å². The fourth-order valence-corrected chi connectivity index (χ4v) is 2.97. The Morgan fingerprint density at radius 2 is 1.90 bits per heavy atom. The number of anilines is 1. The van der Waals surface area contributed by atoms with Crippen molar-refractivity contribution >= 4 is 15.8 Å². The Labute approximate surface area is 125 Å². The Bertz CT molecular complexity index is 677. The van der Waals surface area contributed by atoms with Crippen molar-refractivity contribution in [2.75, 3.05) is 18.3 Å². The molecule has 1 aromatic heterocycles. The Kier molecular flexibility index (Phi) is 4.98. The molecule has 0 atom stereocenters. The summed E-state index contributed by atoms with van der Waals surface area (Å²) in [4.78, 5) is 0.241. The second kappa shape index (κ2) is 6.73. The summed E-state index contributed by atoms with van der Waals surface area (Å²) in [6.45, 7) is 0.946. The van der Waals surface area contributed by atoms with Gasteiger partial charge in [0.05, 0.1) is 4.90 Å². The number of hydrogen-bond donors (Lipinski definition) is 2. The first kappa shape index (κ1) is 15.5. The molecule has 0 radical (unpaired) electrons. The molecule has 0 amide bonds. The van der Waals surface area contributed by atoms with Gasteiger partial charge in [0.2, 0.25) is 0 Å². The molecule has 2 N–H and O–H groups in total. The largest absolute Gasteiger partial charge is 0.320 e. The predicted molar refractivity (Wildman–Crippen MR) is 82.7 cm³/mol. The average Bonchev–Trinajstić information content (AvgIpc) is 2.84. The van der Waals surface area contributed by atoms with Gasteiger partial charge in [-0.2, -0.15) is 5.10 Å². The lowest BCUT2D eigenvalue weighted by molar-refractivity contribution is 0.601. The third kappa shape index (κ3) is 4.30. The molecule has 0 unspecified atom stereocenters. The van der Waals surface area contributed by atoms with Crippen LogP contribution in [0, 0.1) is 0 Å². The maximum atomic E-state index is 12.2. The lowest BCUT2D eigenvalue weighted by Crippen LogP contribution is -2.13. The minimum absolute atomic E-state index is 0.241. The van der Waals surface area contributed by atoms with Gasteiger partial charge in [-0.1, -0.05) is 12.1 Å². The fraction of sp³-hybridized carbons (Fsp3) is 0.357. The van der Waals surface area contributed by atoms with Crippen LogP contribution in [0.5, 0.6) is 0 Å². The molecule has 1 aromatic carbocycles. The van der Waals surface area contributed by atoms with Crippen LogP contribution in [0.15, 0.2) is 41.4 Å². The monoisotopic (exact) mass is 308 g/mol. The standard InChI is InChI=1S/C14H20N4O2S/c1-15-10-3-4-12-5-7-13(8-6-12)21(19,20)17-14-9-11-18(2)16-14/h5-9,11,15H,3-4,10H2,1-2H3,(H,16,17). The van der Waals surface area contributed by atoms with Gasteiger partial charge in [0.1, 0.15) is 0 Å². The molecule has 1 heterocycles. The molecule has 0 bridgehead atoms. The van der Waals surface area contributed by atoms with E-state index in [1.807, 2.05) is 19.2 Å². The van der Waals surface area contributed by atoms with E-state index >= 15 is 0 Å². The fourth-order valence-electron chi connectivity index (χ4n) is 1.97. The van der Waals surface area contributed by atoms with E-state index < -0.39 is 10.0 Å². The summed E-state index contributed by atoms with van der Waals surface area (Å²) in [6.07, 6.45) is 3.63. The first-order valence-corrected chi connectivity index (χ1v) is 8.25. The van der Waals surface area contributed by atoms with Crippen molar-refractivity contribution < 1.29 is 8.42 Å². The van der Waals surface area contributed by atoms with Crippen LogP contribution in [0.2, 0.25) is 0 Å². The highest BCUT2D eigenvalue weighted by molar-refractivity contribution is 7.92. The van der Waals surface area contributed by atoms with E-state index in [1.165, 1.54) is 0 Å². The van der Waals surface area contributed by atoms with Gasteiger partial charge in [0, 0.05) is 19.3 Å². The third-order valence-electron chi connectivity index (χ3n) is 3.08. The highest BCUT2D eigenvalue weighted by atomic mass is 32.2. The predicted octanol–water partition coefficient (Wildman–Crippen LogP) is 1.37. The van der Waals surface area contributed by atoms with Crippen molar-refractivity contribution in [2.24, 2.45) is 7.05 Å². The summed E-state index contributed by atoms with van der Waals surface area (Å²) in [5.41, 5.74) is 1.13. The van der Waals surface area contributed by atoms with Gasteiger partial charge in [0.25, 0.3) is 10.0 Å². The van der Waals surface area contributed by atoms with Gasteiger partial charge in [-0.15, -0.1) is 0 Å². The summed E-state index contributed by atoms with van der Waals surface area (Å²) in [7, 11) is 0.0694. The molecule has 7 heteroatoms. The third-order valence-corrected chi connectivity index (χ3v) is 4.45. The lowest BCUT2D eigenvalue weighted by Gasteiger charge is -2.07. The Hall–Kier alpha value is -1.86. The van der Waals surface area contributed by atoms with Crippen LogP contribution in [-0.2, 0) is 23.5 Å². The summed E-state index contributed by atoms with van der Waals surface area (Å²) >= 11 is 0. The number of aromatic nitrogens is 2. The maximum absolute atomic E-state index is 12.2. The Morgan fingerprint density at radius 1 is 1.19 bits per heavy atom. The van der Waals surface area contributed by atoms with E-state index in [2.05, 4.69) is 15.1 Å². The van der Waals surface area contributed by atoms with Crippen LogP contribution in [-0.4, -0.2) is 31.8 Å². The molecule has 6 nitrogen and oxygen atoms in total. The molecule has 0 saturated carbocycles. The van der Waals surface area contributed by atoms with E-state index in [0.717, 1.165) is 24.9 Å². The zero-order valence-electron chi connectivity index (χ0n) is 12.2. The topological polar surface area (TPSA) is 76.0 Å². The molecular weight excluding hydrogens is 288 g/mol. The van der Waals surface area contributed by atoms with E-state index in [0.29, 0.717) is 5.82 Å². The van der Waals surface area contributed by atoms with Crippen LogP contribution >= 0.6 is 0 Å². The van der Waals surface area contributed by atoms with Crippen molar-refractivity contribution in [3.05, 3.63) is 42.1 Å². The molecule has 0 spiro atoms. The summed E-state index contributed by atoms with van der Waals surface area (Å²) < 4.78 is 28.4. The smallest absolute Gasteiger partial charge is 0.263 e. The molecule has 0 saturated heterocycles. The number of nitrogens with one attached hydrogen (secondary N) is 2. The molecule has 0 aliphatic rings. The Morgan fingerprint density at radius 3 is 2.48 bits per heavy atom. The average molecular weight is 308 g/mol. The van der Waals surface area contributed by atoms with Crippen LogP contribution in [0.1, 0.15) is 12.0 Å². The molecule has 0 aliphatic carbocycles. The van der Waals surface area contributed by atoms with Gasteiger partial charge in [-0.05, 0) is 44.1 Å². The van der Waals surface area contributed by atoms with Crippen molar-refractivity contribution in [1.82, 2.24) is 15.1 Å². The lowest BCUT2D eigenvalue weighted by atomic mass is 10.1. The van der Waals surface area contributed by atoms with E-state index in [-0.39, 0.29) is 4.90 Å². The van der Waals surface area contributed by atoms with Crippen LogP contribution in [0.3, 0.4) is 0 Å². The Balaban J connectivity index is 2.06. The minimum atomic E-state index is -3.58. The quantitative estimate of drug-likeness (QED) is 0.758. The van der Waals surface area contributed by atoms with Crippen molar-refractivity contribution in [3.8, 4) is 0 Å². The molecule has 0 aliphatic heterocycles. The highest BCUT2D eigenvalue weighted by Gasteiger charge is 2.15. The number of nitrogens with zero attached hydrogens (tertiary/aromatic N) is 2. The molecule has 21 heavy (non-hydrogen) atoms. The minimum Gasteiger partial charge on any atom is -0.320 e. The first-order chi connectivity index (χ1) is 10.0. The molecule has 2 aromatic rings. The highest BCUT2D eigenvalue weighted by Crippen LogP contribution is 2.15. The number of benzene rings is 1. The van der Waals surface area contributed by atoms with Crippen molar-refractivity contribution in [2.45, 2.75) is 17.7 Å². The molecule has 2 rings (SSSR count). The summed E-state index contributed by atoms with van der Waals surface area (Å²) in [6, 6.07) is 8.56. The van der Waals surface area contributed by atoms with Gasteiger partial charge < -0.3 is 5.32 Å². The zero-order valence-corrected chi connectivity index (χ0v) is 13.0. The maximum Gasteiger partial charge on any atom is 0.263 e. The van der Waals surface area contributed by atoms with Crippen LogP contribution < -0.4 is 10.0 Å². The zero-order chi connectivity index (χ0) is 15.3. The van der Waals surface area contributed by atoms with Crippen molar-refractivity contribution in [3.63, 3.8) is 0 Å². The number of rotatable bonds is 7. The SMILES string of the molecule is CNCCCc1ccc(S(=O)(=O)Nc2ccn(C)n2)cc1. The first-order valence-electron chi connectivity index (χ1n) is 6.77. The van der Waals surface area contributed by atoms with Crippen LogP contribution in [0.4, 0.5) is 5.82 Å². The second-order valence-electron chi connectivity index (χ2n) is 4.83. The summed E-state index contributed by atoms with van der Waals surface area (Å²) in [5.74, 6) is 0.315. The van der Waals surface area contributed by atoms with Crippen LogP contribution in [0.25, 0.3) is 0 Å². The molecular formula is C14H20N4O2S. The molecule has 0 fully saturated rings. The molecule has 114 valence electrons. The number of sulfonamides is 1.